The number of aromatic nitrogens is 1. The number of hydrogen-bond donors (Lipinski definition) is 3. The van der Waals surface area contributed by atoms with Crippen molar-refractivity contribution in [3.8, 4) is 11.8 Å². The van der Waals surface area contributed by atoms with Gasteiger partial charge in [0, 0.05) is 23.8 Å². The first-order chi connectivity index (χ1) is 27.7. The average Bonchev–Trinajstić information content (AvgIpc) is 4.06. The lowest BCUT2D eigenvalue weighted by atomic mass is 9.88. The summed E-state index contributed by atoms with van der Waals surface area (Å²) in [6, 6.07) is 6.04. The molecule has 7 atom stereocenters. The van der Waals surface area contributed by atoms with Crippen molar-refractivity contribution < 1.29 is 59.4 Å². The molecule has 1 saturated heterocycles. The van der Waals surface area contributed by atoms with Gasteiger partial charge in [0.1, 0.15) is 35.1 Å². The third kappa shape index (κ3) is 9.09. The zero-order chi connectivity index (χ0) is 43.1. The Morgan fingerprint density at radius 3 is 2.47 bits per heavy atom. The number of alkyl carbamates (subject to hydrolysis) is 1. The van der Waals surface area contributed by atoms with Gasteiger partial charge < -0.3 is 29.7 Å². The lowest BCUT2D eigenvalue weighted by Crippen LogP contribution is -2.60. The fraction of sp³-hybridized carbons (Fsp3) is 0.625. The summed E-state index contributed by atoms with van der Waals surface area (Å²) in [6.07, 6.45) is -2.53. The zero-order valence-corrected chi connectivity index (χ0v) is 34.4. The first kappa shape index (κ1) is 43.9. The third-order valence-electron chi connectivity index (χ3n) is 11.8. The standard InChI is InChI=1S/C40H51F4N5O9S/c1-6-56-30-18-25-12-8-10-14-28(25)33(45-30)57-27-19-29-32(50)47-39(35(52)48-59(54,55)38(22-41)15-16-38)20-26(39)13-9-7-11-23(2)17-24(3)31(34(51)49(29)21-27)46-36(53)58-37(4,5)40(42,43)44/h8-10,12-14,18,23-24,26-27,29,31H,6-7,11,15-17,19-22H2,1-5H3,(H,46,53)(H,47,50)(H,48,52)/b13-9-/t23-,24-,26-,27-,29+,31+,39-/m1/s1. The SMILES string of the molecule is CCOc1cc2ccccc2c(O[C@@H]2C[C@H]3C(=O)N[C@]4(C(=O)NS(=O)(=O)C5(CF)CC5)C[C@H]4/C=C\CC[C@@H](C)C[C@@H](C)[C@H](NC(=O)OC(C)(C)C(F)(F)F)C(=O)N3C2)n1. The van der Waals surface area contributed by atoms with Crippen LogP contribution in [0.2, 0.25) is 0 Å². The van der Waals surface area contributed by atoms with Crippen LogP contribution in [0.25, 0.3) is 10.8 Å². The number of halogens is 4. The number of benzene rings is 1. The van der Waals surface area contributed by atoms with Gasteiger partial charge >= 0.3 is 12.3 Å². The molecule has 324 valence electrons. The molecule has 3 N–H and O–H groups in total. The summed E-state index contributed by atoms with van der Waals surface area (Å²) >= 11 is 0. The molecule has 14 nitrogen and oxygen atoms in total. The summed E-state index contributed by atoms with van der Waals surface area (Å²) in [5.41, 5.74) is -4.68. The van der Waals surface area contributed by atoms with Crippen molar-refractivity contribution in [3.05, 3.63) is 42.5 Å². The van der Waals surface area contributed by atoms with Crippen LogP contribution in [0.1, 0.15) is 79.6 Å². The van der Waals surface area contributed by atoms with Gasteiger partial charge in [0.15, 0.2) is 0 Å². The van der Waals surface area contributed by atoms with Crippen molar-refractivity contribution in [2.24, 2.45) is 17.8 Å². The number of nitrogens with zero attached hydrogens (tertiary/aromatic N) is 2. The van der Waals surface area contributed by atoms with E-state index in [1.807, 2.05) is 29.9 Å². The van der Waals surface area contributed by atoms with Crippen molar-refractivity contribution in [1.82, 2.24) is 25.2 Å². The van der Waals surface area contributed by atoms with Gasteiger partial charge in [-0.1, -0.05) is 44.2 Å². The van der Waals surface area contributed by atoms with Gasteiger partial charge in [-0.15, -0.1) is 0 Å². The molecule has 6 rings (SSSR count). The molecule has 0 unspecified atom stereocenters. The number of alkyl halides is 4. The van der Waals surface area contributed by atoms with E-state index in [2.05, 4.69) is 15.6 Å². The van der Waals surface area contributed by atoms with E-state index in [-0.39, 0.29) is 49.9 Å². The lowest BCUT2D eigenvalue weighted by molar-refractivity contribution is -0.244. The van der Waals surface area contributed by atoms with Crippen LogP contribution in [-0.4, -0.2) is 102 Å². The highest BCUT2D eigenvalue weighted by Gasteiger charge is 2.64. The number of amides is 4. The minimum Gasteiger partial charge on any atom is -0.478 e. The summed E-state index contributed by atoms with van der Waals surface area (Å²) in [5, 5.41) is 6.41. The minimum atomic E-state index is -4.93. The Bertz CT molecular complexity index is 2100. The molecular formula is C40H51F4N5O9S. The Labute approximate surface area is 340 Å². The summed E-state index contributed by atoms with van der Waals surface area (Å²) < 4.78 is 98.6. The van der Waals surface area contributed by atoms with E-state index in [1.165, 1.54) is 0 Å². The van der Waals surface area contributed by atoms with E-state index in [4.69, 9.17) is 14.2 Å². The van der Waals surface area contributed by atoms with Crippen LogP contribution >= 0.6 is 0 Å². The van der Waals surface area contributed by atoms with E-state index < -0.39 is 92.6 Å². The van der Waals surface area contributed by atoms with E-state index in [0.29, 0.717) is 45.1 Å². The van der Waals surface area contributed by atoms with Gasteiger partial charge in [0.05, 0.1) is 13.2 Å². The lowest BCUT2D eigenvalue weighted by Gasteiger charge is -2.34. The largest absolute Gasteiger partial charge is 0.478 e. The van der Waals surface area contributed by atoms with E-state index >= 15 is 0 Å². The summed E-state index contributed by atoms with van der Waals surface area (Å²) in [5.74, 6) is -3.72. The Morgan fingerprint density at radius 2 is 1.81 bits per heavy atom. The molecule has 3 heterocycles. The molecule has 1 aromatic heterocycles. The predicted molar refractivity (Wildman–Crippen MR) is 206 cm³/mol. The number of hydrogen-bond acceptors (Lipinski definition) is 10. The Kier molecular flexibility index (Phi) is 12.2. The summed E-state index contributed by atoms with van der Waals surface area (Å²) in [7, 11) is -4.47. The molecule has 2 aliphatic heterocycles. The first-order valence-electron chi connectivity index (χ1n) is 19.8. The Morgan fingerprint density at radius 1 is 1.10 bits per heavy atom. The average molecular weight is 854 g/mol. The first-order valence-corrected chi connectivity index (χ1v) is 21.3. The van der Waals surface area contributed by atoms with Gasteiger partial charge in [-0.25, -0.2) is 17.6 Å². The van der Waals surface area contributed by atoms with Gasteiger partial charge in [0.25, 0.3) is 5.91 Å². The Balaban J connectivity index is 1.36. The second-order valence-corrected chi connectivity index (χ2v) is 18.8. The third-order valence-corrected chi connectivity index (χ3v) is 13.9. The second kappa shape index (κ2) is 16.4. The fourth-order valence-corrected chi connectivity index (χ4v) is 9.24. The van der Waals surface area contributed by atoms with Crippen molar-refractivity contribution in [1.29, 1.82) is 0 Å². The van der Waals surface area contributed by atoms with Crippen LogP contribution in [-0.2, 0) is 29.1 Å². The van der Waals surface area contributed by atoms with Crippen LogP contribution in [0.3, 0.4) is 0 Å². The highest BCUT2D eigenvalue weighted by Crippen LogP contribution is 2.48. The molecule has 3 fully saturated rings. The number of carbonyl (C=O) groups excluding carboxylic acids is 4. The number of fused-ring (bicyclic) bond motifs is 3. The maximum absolute atomic E-state index is 14.8. The molecule has 19 heteroatoms. The maximum Gasteiger partial charge on any atom is 0.427 e. The van der Waals surface area contributed by atoms with Crippen LogP contribution < -0.4 is 24.8 Å². The van der Waals surface area contributed by atoms with Crippen LogP contribution in [0.4, 0.5) is 22.4 Å². The molecule has 4 amide bonds. The molecule has 0 bridgehead atoms. The van der Waals surface area contributed by atoms with Gasteiger partial charge in [0.2, 0.25) is 39.2 Å². The normalized spacial score (nSPS) is 29.1. The number of rotatable bonds is 10. The highest BCUT2D eigenvalue weighted by atomic mass is 32.2. The number of carbonyl (C=O) groups is 4. The quantitative estimate of drug-likeness (QED) is 0.211. The number of pyridine rings is 1. The van der Waals surface area contributed by atoms with Crippen LogP contribution in [0.15, 0.2) is 42.5 Å². The Hall–Kier alpha value is -4.68. The summed E-state index contributed by atoms with van der Waals surface area (Å²) in [4.78, 5) is 62.0. The van der Waals surface area contributed by atoms with Crippen molar-refractivity contribution >= 4 is 44.6 Å². The fourth-order valence-electron chi connectivity index (χ4n) is 7.81. The highest BCUT2D eigenvalue weighted by molar-refractivity contribution is 7.91. The minimum absolute atomic E-state index is 0.0115. The molecular weight excluding hydrogens is 803 g/mol. The predicted octanol–water partition coefficient (Wildman–Crippen LogP) is 5.25. The molecule has 59 heavy (non-hydrogen) atoms. The number of nitrogens with one attached hydrogen (secondary N) is 3. The summed E-state index contributed by atoms with van der Waals surface area (Å²) in [6.45, 7) is 5.56. The molecule has 1 aromatic carbocycles. The monoisotopic (exact) mass is 853 g/mol. The van der Waals surface area contributed by atoms with Crippen molar-refractivity contribution in [2.75, 3.05) is 19.8 Å². The van der Waals surface area contributed by atoms with E-state index in [9.17, 15) is 45.2 Å². The second-order valence-electron chi connectivity index (χ2n) is 16.8. The molecule has 4 aliphatic rings. The van der Waals surface area contributed by atoms with Crippen LogP contribution in [0, 0.1) is 17.8 Å². The number of allylic oxidation sites excluding steroid dienone is 1. The maximum atomic E-state index is 14.8. The van der Waals surface area contributed by atoms with Gasteiger partial charge in [-0.3, -0.25) is 19.1 Å². The molecule has 2 aromatic rings. The molecule has 0 radical (unpaired) electrons. The molecule has 2 aliphatic carbocycles. The zero-order valence-electron chi connectivity index (χ0n) is 33.6. The van der Waals surface area contributed by atoms with E-state index in [0.717, 1.165) is 10.3 Å². The smallest absolute Gasteiger partial charge is 0.427 e. The van der Waals surface area contributed by atoms with Crippen molar-refractivity contribution in [3.63, 3.8) is 0 Å². The molecule has 0 spiro atoms. The number of ether oxygens (including phenoxy) is 3. The van der Waals surface area contributed by atoms with E-state index in [1.54, 1.807) is 38.1 Å². The van der Waals surface area contributed by atoms with Crippen molar-refractivity contribution in [2.45, 2.75) is 120 Å². The van der Waals surface area contributed by atoms with Gasteiger partial charge in [-0.2, -0.15) is 18.2 Å². The topological polar surface area (TPSA) is 182 Å². The van der Waals surface area contributed by atoms with Crippen LogP contribution in [0.5, 0.6) is 11.8 Å². The number of sulfonamides is 1. The molecule has 2 saturated carbocycles. The van der Waals surface area contributed by atoms with Gasteiger partial charge in [-0.05, 0) is 82.6 Å².